The van der Waals surface area contributed by atoms with Crippen LogP contribution < -0.4 is 5.32 Å². The van der Waals surface area contributed by atoms with Gasteiger partial charge in [-0.3, -0.25) is 9.59 Å². The smallest absolute Gasteiger partial charge is 0.257 e. The van der Waals surface area contributed by atoms with Crippen LogP contribution in [0.5, 0.6) is 5.75 Å². The van der Waals surface area contributed by atoms with E-state index in [0.29, 0.717) is 13.1 Å². The Bertz CT molecular complexity index is 774. The van der Waals surface area contributed by atoms with Gasteiger partial charge in [0.05, 0.1) is 11.5 Å². The number of benzene rings is 2. The van der Waals surface area contributed by atoms with E-state index in [1.165, 1.54) is 0 Å². The molecule has 0 bridgehead atoms. The second-order valence-electron chi connectivity index (χ2n) is 6.47. The molecular weight excluding hydrogens is 316 g/mol. The summed E-state index contributed by atoms with van der Waals surface area (Å²) in [5.41, 5.74) is 1.94. The van der Waals surface area contributed by atoms with Crippen molar-refractivity contribution >= 4 is 17.5 Å². The Kier molecular flexibility index (Phi) is 5.03. The molecule has 0 aliphatic carbocycles. The average molecular weight is 338 g/mol. The Morgan fingerprint density at radius 2 is 1.92 bits per heavy atom. The molecule has 5 nitrogen and oxygen atoms in total. The maximum Gasteiger partial charge on any atom is 0.257 e. The Morgan fingerprint density at radius 3 is 2.64 bits per heavy atom. The Hall–Kier alpha value is -2.82. The van der Waals surface area contributed by atoms with Crippen molar-refractivity contribution < 1.29 is 14.7 Å². The van der Waals surface area contributed by atoms with Gasteiger partial charge in [0.2, 0.25) is 5.91 Å². The highest BCUT2D eigenvalue weighted by Crippen LogP contribution is 2.24. The summed E-state index contributed by atoms with van der Waals surface area (Å²) in [7, 11) is 0. The van der Waals surface area contributed by atoms with Gasteiger partial charge in [-0.2, -0.15) is 0 Å². The molecule has 1 saturated heterocycles. The lowest BCUT2D eigenvalue weighted by Crippen LogP contribution is -2.43. The number of nitrogens with zero attached hydrogens (tertiary/aromatic N) is 1. The zero-order chi connectivity index (χ0) is 17.8. The van der Waals surface area contributed by atoms with E-state index in [4.69, 9.17) is 0 Å². The first-order valence-corrected chi connectivity index (χ1v) is 8.49. The second kappa shape index (κ2) is 7.38. The van der Waals surface area contributed by atoms with Gasteiger partial charge in [0, 0.05) is 18.8 Å². The van der Waals surface area contributed by atoms with Gasteiger partial charge in [0.1, 0.15) is 5.75 Å². The zero-order valence-corrected chi connectivity index (χ0v) is 14.2. The molecule has 1 heterocycles. The summed E-state index contributed by atoms with van der Waals surface area (Å²) in [5.74, 6) is -0.558. The van der Waals surface area contributed by atoms with E-state index in [2.05, 4.69) is 5.32 Å². The van der Waals surface area contributed by atoms with Crippen molar-refractivity contribution in [1.82, 2.24) is 4.90 Å². The number of aryl methyl sites for hydroxylation is 1. The molecule has 1 aliphatic rings. The SMILES string of the molecule is Cc1ccc(C(=O)N2CCC[C@H](C(=O)Nc3ccccc3)C2)c(O)c1. The molecule has 2 N–H and O–H groups in total. The summed E-state index contributed by atoms with van der Waals surface area (Å²) in [6, 6.07) is 14.3. The number of nitrogens with one attached hydrogen (secondary N) is 1. The largest absolute Gasteiger partial charge is 0.507 e. The molecule has 2 amide bonds. The summed E-state index contributed by atoms with van der Waals surface area (Å²) in [4.78, 5) is 26.8. The Balaban J connectivity index is 1.68. The molecule has 0 spiro atoms. The van der Waals surface area contributed by atoms with Crippen LogP contribution in [0.3, 0.4) is 0 Å². The fourth-order valence-electron chi connectivity index (χ4n) is 3.13. The number of piperidine rings is 1. The lowest BCUT2D eigenvalue weighted by molar-refractivity contribution is -0.121. The van der Waals surface area contributed by atoms with Crippen molar-refractivity contribution in [3.05, 3.63) is 59.7 Å². The monoisotopic (exact) mass is 338 g/mol. The van der Waals surface area contributed by atoms with Crippen molar-refractivity contribution in [2.75, 3.05) is 18.4 Å². The molecule has 0 unspecified atom stereocenters. The van der Waals surface area contributed by atoms with Gasteiger partial charge in [0.15, 0.2) is 0 Å². The quantitative estimate of drug-likeness (QED) is 0.903. The summed E-state index contributed by atoms with van der Waals surface area (Å²) < 4.78 is 0. The number of aromatic hydroxyl groups is 1. The highest BCUT2D eigenvalue weighted by molar-refractivity contribution is 5.98. The van der Waals surface area contributed by atoms with Gasteiger partial charge in [0.25, 0.3) is 5.91 Å². The van der Waals surface area contributed by atoms with Crippen LogP contribution in [-0.4, -0.2) is 34.9 Å². The number of carbonyl (C=O) groups excluding carboxylic acids is 2. The van der Waals surface area contributed by atoms with Gasteiger partial charge < -0.3 is 15.3 Å². The van der Waals surface area contributed by atoms with E-state index in [1.807, 2.05) is 37.3 Å². The van der Waals surface area contributed by atoms with Crippen LogP contribution in [0.15, 0.2) is 48.5 Å². The Labute approximate surface area is 147 Å². The van der Waals surface area contributed by atoms with Gasteiger partial charge in [-0.15, -0.1) is 0 Å². The summed E-state index contributed by atoms with van der Waals surface area (Å²) in [5, 5.41) is 12.9. The number of phenolic OH excluding ortho intramolecular Hbond substituents is 1. The van der Waals surface area contributed by atoms with E-state index in [9.17, 15) is 14.7 Å². The van der Waals surface area contributed by atoms with Crippen molar-refractivity contribution in [3.8, 4) is 5.75 Å². The molecule has 1 aliphatic heterocycles. The standard InChI is InChI=1S/C20H22N2O3/c1-14-9-10-17(18(23)12-14)20(25)22-11-5-6-15(13-22)19(24)21-16-7-3-2-4-8-16/h2-4,7-10,12,15,23H,5-6,11,13H2,1H3,(H,21,24)/t15-/m0/s1. The third kappa shape index (κ3) is 3.99. The number of likely N-dealkylation sites (tertiary alicyclic amines) is 1. The van der Waals surface area contributed by atoms with E-state index < -0.39 is 0 Å². The van der Waals surface area contributed by atoms with E-state index in [1.54, 1.807) is 23.1 Å². The molecule has 1 atom stereocenters. The van der Waals surface area contributed by atoms with E-state index in [-0.39, 0.29) is 29.0 Å². The Morgan fingerprint density at radius 1 is 1.16 bits per heavy atom. The topological polar surface area (TPSA) is 69.6 Å². The number of amides is 2. The lowest BCUT2D eigenvalue weighted by Gasteiger charge is -2.32. The minimum absolute atomic E-state index is 0.0131. The predicted octanol–water partition coefficient (Wildman–Crippen LogP) is 3.19. The first-order valence-electron chi connectivity index (χ1n) is 8.49. The fraction of sp³-hybridized carbons (Fsp3) is 0.300. The first-order chi connectivity index (χ1) is 12.0. The second-order valence-corrected chi connectivity index (χ2v) is 6.47. The van der Waals surface area contributed by atoms with Crippen LogP contribution in [0.2, 0.25) is 0 Å². The van der Waals surface area contributed by atoms with Gasteiger partial charge >= 0.3 is 0 Å². The maximum absolute atomic E-state index is 12.7. The molecule has 25 heavy (non-hydrogen) atoms. The molecule has 2 aromatic carbocycles. The number of carbonyl (C=O) groups is 2. The normalized spacial score (nSPS) is 17.2. The van der Waals surface area contributed by atoms with E-state index in [0.717, 1.165) is 24.1 Å². The summed E-state index contributed by atoms with van der Waals surface area (Å²) >= 11 is 0. The first kappa shape index (κ1) is 17.0. The third-order valence-corrected chi connectivity index (χ3v) is 4.50. The molecule has 0 radical (unpaired) electrons. The minimum atomic E-state index is -0.245. The number of rotatable bonds is 3. The fourth-order valence-corrected chi connectivity index (χ4v) is 3.13. The molecule has 0 saturated carbocycles. The molecule has 2 aromatic rings. The van der Waals surface area contributed by atoms with Crippen molar-refractivity contribution in [1.29, 1.82) is 0 Å². The highest BCUT2D eigenvalue weighted by Gasteiger charge is 2.29. The van der Waals surface area contributed by atoms with Crippen LogP contribution in [-0.2, 0) is 4.79 Å². The number of anilines is 1. The van der Waals surface area contributed by atoms with E-state index >= 15 is 0 Å². The molecule has 1 fully saturated rings. The van der Waals surface area contributed by atoms with Crippen LogP contribution >= 0.6 is 0 Å². The number of hydrogen-bond donors (Lipinski definition) is 2. The van der Waals surface area contributed by atoms with Crippen molar-refractivity contribution in [2.24, 2.45) is 5.92 Å². The molecule has 3 rings (SSSR count). The number of hydrogen-bond acceptors (Lipinski definition) is 3. The van der Waals surface area contributed by atoms with Crippen molar-refractivity contribution in [3.63, 3.8) is 0 Å². The average Bonchev–Trinajstić information content (AvgIpc) is 2.62. The molecule has 130 valence electrons. The van der Waals surface area contributed by atoms with Crippen LogP contribution in [0.4, 0.5) is 5.69 Å². The molecular formula is C20H22N2O3. The minimum Gasteiger partial charge on any atom is -0.507 e. The van der Waals surface area contributed by atoms with Gasteiger partial charge in [-0.05, 0) is 49.6 Å². The number of para-hydroxylation sites is 1. The van der Waals surface area contributed by atoms with Crippen LogP contribution in [0.1, 0.15) is 28.8 Å². The van der Waals surface area contributed by atoms with Crippen molar-refractivity contribution in [2.45, 2.75) is 19.8 Å². The zero-order valence-electron chi connectivity index (χ0n) is 14.2. The van der Waals surface area contributed by atoms with Crippen LogP contribution in [0, 0.1) is 12.8 Å². The summed E-state index contributed by atoms with van der Waals surface area (Å²) in [6.45, 7) is 2.82. The molecule has 0 aromatic heterocycles. The van der Waals surface area contributed by atoms with Gasteiger partial charge in [-0.1, -0.05) is 24.3 Å². The number of phenols is 1. The predicted molar refractivity (Wildman–Crippen MR) is 96.5 cm³/mol. The maximum atomic E-state index is 12.7. The molecule has 5 heteroatoms. The van der Waals surface area contributed by atoms with Crippen LogP contribution in [0.25, 0.3) is 0 Å². The lowest BCUT2D eigenvalue weighted by atomic mass is 9.96. The summed E-state index contributed by atoms with van der Waals surface area (Å²) in [6.07, 6.45) is 1.52. The highest BCUT2D eigenvalue weighted by atomic mass is 16.3. The van der Waals surface area contributed by atoms with Gasteiger partial charge in [-0.25, -0.2) is 0 Å². The third-order valence-electron chi connectivity index (χ3n) is 4.50.